The highest BCUT2D eigenvalue weighted by atomic mass is 32.1. The van der Waals surface area contributed by atoms with E-state index in [1.807, 2.05) is 0 Å². The highest BCUT2D eigenvalue weighted by molar-refractivity contribution is 7.10. The topological polar surface area (TPSA) is 35.6 Å². The van der Waals surface area contributed by atoms with Crippen LogP contribution in [-0.2, 0) is 4.79 Å². The van der Waals surface area contributed by atoms with Crippen molar-refractivity contribution < 1.29 is 4.79 Å². The van der Waals surface area contributed by atoms with Crippen LogP contribution in [0.25, 0.3) is 0 Å². The molecule has 2 saturated heterocycles. The van der Waals surface area contributed by atoms with Gasteiger partial charge >= 0.3 is 0 Å². The van der Waals surface area contributed by atoms with Crippen LogP contribution in [0, 0.1) is 0 Å². The fourth-order valence-corrected chi connectivity index (χ4v) is 4.33. The molecule has 0 aromatic carbocycles. The van der Waals surface area contributed by atoms with Crippen LogP contribution in [0.4, 0.5) is 0 Å². The lowest BCUT2D eigenvalue weighted by molar-refractivity contribution is -0.133. The molecule has 4 nitrogen and oxygen atoms in total. The van der Waals surface area contributed by atoms with E-state index in [1.165, 1.54) is 17.8 Å². The second kappa shape index (κ2) is 6.46. The van der Waals surface area contributed by atoms with E-state index in [1.54, 1.807) is 11.3 Å². The van der Waals surface area contributed by atoms with Crippen LogP contribution >= 0.6 is 11.3 Å². The van der Waals surface area contributed by atoms with Gasteiger partial charge in [-0.2, -0.15) is 0 Å². The van der Waals surface area contributed by atoms with E-state index in [2.05, 4.69) is 46.5 Å². The molecule has 1 amide bonds. The maximum atomic E-state index is 12.8. The van der Waals surface area contributed by atoms with Gasteiger partial charge in [0.05, 0.1) is 6.04 Å². The molecule has 0 spiro atoms. The highest BCUT2D eigenvalue weighted by Gasteiger charge is 2.43. The lowest BCUT2D eigenvalue weighted by atomic mass is 10.0. The van der Waals surface area contributed by atoms with Crippen molar-refractivity contribution in [2.24, 2.45) is 0 Å². The van der Waals surface area contributed by atoms with E-state index in [-0.39, 0.29) is 12.2 Å². The van der Waals surface area contributed by atoms with Gasteiger partial charge in [-0.3, -0.25) is 10.1 Å². The van der Waals surface area contributed by atoms with E-state index < -0.39 is 0 Å². The standard InChI is InChI=1S/C16H25N3OS/c1-3-13-16(20)19(12-7-5-9-18(4-2)11-12)15(17-13)14-8-6-10-21-14/h6,8,10,12-13,15,17H,3-5,7,9,11H2,1-2H3. The summed E-state index contributed by atoms with van der Waals surface area (Å²) in [6, 6.07) is 4.54. The number of carbonyl (C=O) groups is 1. The number of likely N-dealkylation sites (tertiary alicyclic amines) is 1. The number of likely N-dealkylation sites (N-methyl/N-ethyl adjacent to an activating group) is 1. The lowest BCUT2D eigenvalue weighted by Crippen LogP contribution is -2.49. The Hall–Kier alpha value is -0.910. The Morgan fingerprint density at radius 1 is 1.43 bits per heavy atom. The third-order valence-corrected chi connectivity index (χ3v) is 5.66. The molecule has 0 bridgehead atoms. The van der Waals surface area contributed by atoms with Gasteiger partial charge in [-0.05, 0) is 43.8 Å². The van der Waals surface area contributed by atoms with E-state index in [0.717, 1.165) is 25.9 Å². The SMILES string of the molecule is CCC1NC(c2cccs2)N(C2CCCN(CC)C2)C1=O. The molecule has 2 aliphatic rings. The van der Waals surface area contributed by atoms with Gasteiger partial charge in [-0.15, -0.1) is 11.3 Å². The zero-order valence-electron chi connectivity index (χ0n) is 12.9. The van der Waals surface area contributed by atoms with Crippen molar-refractivity contribution in [3.63, 3.8) is 0 Å². The number of piperidine rings is 1. The van der Waals surface area contributed by atoms with Crippen molar-refractivity contribution in [1.82, 2.24) is 15.1 Å². The number of hydrogen-bond acceptors (Lipinski definition) is 4. The summed E-state index contributed by atoms with van der Waals surface area (Å²) in [6.07, 6.45) is 3.25. The smallest absolute Gasteiger partial charge is 0.241 e. The Kier molecular flexibility index (Phi) is 4.62. The summed E-state index contributed by atoms with van der Waals surface area (Å²) in [7, 11) is 0. The van der Waals surface area contributed by atoms with Crippen LogP contribution in [0.2, 0.25) is 0 Å². The minimum Gasteiger partial charge on any atom is -0.316 e. The molecule has 0 saturated carbocycles. The molecule has 3 unspecified atom stereocenters. The molecule has 3 heterocycles. The van der Waals surface area contributed by atoms with E-state index >= 15 is 0 Å². The summed E-state index contributed by atoms with van der Waals surface area (Å²) in [5.74, 6) is 0.291. The molecule has 2 aliphatic heterocycles. The maximum absolute atomic E-state index is 12.8. The van der Waals surface area contributed by atoms with Crippen molar-refractivity contribution in [2.75, 3.05) is 19.6 Å². The number of thiophene rings is 1. The number of hydrogen-bond donors (Lipinski definition) is 1. The molecule has 1 N–H and O–H groups in total. The maximum Gasteiger partial charge on any atom is 0.241 e. The van der Waals surface area contributed by atoms with Crippen molar-refractivity contribution >= 4 is 17.2 Å². The first-order valence-electron chi connectivity index (χ1n) is 8.08. The molecule has 5 heteroatoms. The first-order chi connectivity index (χ1) is 10.2. The average Bonchev–Trinajstić information content (AvgIpc) is 3.14. The highest BCUT2D eigenvalue weighted by Crippen LogP contribution is 2.33. The summed E-state index contributed by atoms with van der Waals surface area (Å²) < 4.78 is 0. The molecule has 21 heavy (non-hydrogen) atoms. The largest absolute Gasteiger partial charge is 0.316 e. The second-order valence-corrected chi connectivity index (χ2v) is 6.96. The number of rotatable bonds is 4. The van der Waals surface area contributed by atoms with Gasteiger partial charge in [0.25, 0.3) is 0 Å². The van der Waals surface area contributed by atoms with Crippen LogP contribution in [0.5, 0.6) is 0 Å². The molecule has 1 aromatic rings. The van der Waals surface area contributed by atoms with E-state index in [9.17, 15) is 4.79 Å². The molecule has 0 aliphatic carbocycles. The van der Waals surface area contributed by atoms with E-state index in [0.29, 0.717) is 11.9 Å². The van der Waals surface area contributed by atoms with Gasteiger partial charge in [0.15, 0.2) is 0 Å². The van der Waals surface area contributed by atoms with Gasteiger partial charge < -0.3 is 9.80 Å². The van der Waals surface area contributed by atoms with Gasteiger partial charge in [-0.25, -0.2) is 0 Å². The third kappa shape index (κ3) is 2.87. The number of amides is 1. The van der Waals surface area contributed by atoms with Gasteiger partial charge in [0, 0.05) is 17.5 Å². The van der Waals surface area contributed by atoms with Crippen LogP contribution < -0.4 is 5.32 Å². The Labute approximate surface area is 131 Å². The first kappa shape index (κ1) is 15.0. The van der Waals surface area contributed by atoms with Crippen molar-refractivity contribution in [1.29, 1.82) is 0 Å². The zero-order valence-corrected chi connectivity index (χ0v) is 13.7. The van der Waals surface area contributed by atoms with E-state index in [4.69, 9.17) is 0 Å². The number of nitrogens with one attached hydrogen (secondary N) is 1. The lowest BCUT2D eigenvalue weighted by Gasteiger charge is -2.39. The molecule has 2 fully saturated rings. The Balaban J connectivity index is 1.83. The van der Waals surface area contributed by atoms with Crippen molar-refractivity contribution in [3.8, 4) is 0 Å². The molecule has 3 rings (SSSR count). The van der Waals surface area contributed by atoms with Crippen LogP contribution in [0.3, 0.4) is 0 Å². The predicted octanol–water partition coefficient (Wildman–Crippen LogP) is 2.44. The fourth-order valence-electron chi connectivity index (χ4n) is 3.54. The molecular weight excluding hydrogens is 282 g/mol. The Bertz CT molecular complexity index is 476. The summed E-state index contributed by atoms with van der Waals surface area (Å²) in [4.78, 5) is 18.6. The van der Waals surface area contributed by atoms with Crippen LogP contribution in [-0.4, -0.2) is 47.4 Å². The zero-order chi connectivity index (χ0) is 14.8. The normalized spacial score (nSPS) is 31.0. The summed E-state index contributed by atoms with van der Waals surface area (Å²) >= 11 is 1.74. The van der Waals surface area contributed by atoms with Gasteiger partial charge in [0.1, 0.15) is 6.17 Å². The quantitative estimate of drug-likeness (QED) is 0.928. The summed E-state index contributed by atoms with van der Waals surface area (Å²) in [5.41, 5.74) is 0. The predicted molar refractivity (Wildman–Crippen MR) is 86.3 cm³/mol. The fraction of sp³-hybridized carbons (Fsp3) is 0.688. The first-order valence-corrected chi connectivity index (χ1v) is 8.96. The number of nitrogens with zero attached hydrogens (tertiary/aromatic N) is 2. The van der Waals surface area contributed by atoms with Crippen molar-refractivity contribution in [3.05, 3.63) is 22.4 Å². The van der Waals surface area contributed by atoms with Crippen LogP contribution in [0.1, 0.15) is 44.2 Å². The Morgan fingerprint density at radius 3 is 2.95 bits per heavy atom. The third-order valence-electron chi connectivity index (χ3n) is 4.73. The molecule has 3 atom stereocenters. The number of carbonyl (C=O) groups excluding carboxylic acids is 1. The minimum atomic E-state index is -0.0193. The monoisotopic (exact) mass is 307 g/mol. The van der Waals surface area contributed by atoms with Gasteiger partial charge in [0.2, 0.25) is 5.91 Å². The molecular formula is C16H25N3OS. The summed E-state index contributed by atoms with van der Waals surface area (Å²) in [5, 5.41) is 5.64. The molecule has 116 valence electrons. The molecule has 0 radical (unpaired) electrons. The second-order valence-electron chi connectivity index (χ2n) is 5.98. The van der Waals surface area contributed by atoms with Crippen molar-refractivity contribution in [2.45, 2.75) is 51.4 Å². The van der Waals surface area contributed by atoms with Crippen LogP contribution in [0.15, 0.2) is 17.5 Å². The van der Waals surface area contributed by atoms with Gasteiger partial charge in [-0.1, -0.05) is 19.9 Å². The average molecular weight is 307 g/mol. The Morgan fingerprint density at radius 2 is 2.29 bits per heavy atom. The minimum absolute atomic E-state index is 0.0193. The molecule has 1 aromatic heterocycles. The summed E-state index contributed by atoms with van der Waals surface area (Å²) in [6.45, 7) is 7.56.